The highest BCUT2D eigenvalue weighted by molar-refractivity contribution is 7.93. The summed E-state index contributed by atoms with van der Waals surface area (Å²) in [6.07, 6.45) is 3.04. The second-order valence-electron chi connectivity index (χ2n) is 4.55. The quantitative estimate of drug-likeness (QED) is 0.728. The van der Waals surface area contributed by atoms with Crippen molar-refractivity contribution < 1.29 is 8.42 Å². The van der Waals surface area contributed by atoms with E-state index in [0.717, 1.165) is 0 Å². The molecule has 0 aliphatic rings. The van der Waals surface area contributed by atoms with Crippen molar-refractivity contribution in [3.05, 3.63) is 60.9 Å². The Bertz CT molecular complexity index is 893. The number of fused-ring (bicyclic) bond motifs is 1. The highest BCUT2D eigenvalue weighted by Gasteiger charge is 2.18. The van der Waals surface area contributed by atoms with Crippen molar-refractivity contribution in [3.8, 4) is 0 Å². The van der Waals surface area contributed by atoms with Crippen molar-refractivity contribution >= 4 is 32.2 Å². The summed E-state index contributed by atoms with van der Waals surface area (Å²) in [5.41, 5.74) is 6.86. The number of nitrogens with zero attached hydrogens (tertiary/aromatic N) is 1. The number of nitrogens with one attached hydrogen (secondary N) is 1. The fourth-order valence-electron chi connectivity index (χ4n) is 2.16. The molecule has 21 heavy (non-hydrogen) atoms. The summed E-state index contributed by atoms with van der Waals surface area (Å²) in [6.45, 7) is 0. The van der Waals surface area contributed by atoms with Gasteiger partial charge in [-0.1, -0.05) is 24.3 Å². The zero-order chi connectivity index (χ0) is 14.9. The predicted octanol–water partition coefficient (Wildman–Crippen LogP) is 2.62. The third-order valence-corrected chi connectivity index (χ3v) is 4.56. The van der Waals surface area contributed by atoms with Crippen LogP contribution in [0.4, 0.5) is 11.4 Å². The van der Waals surface area contributed by atoms with Crippen molar-refractivity contribution in [2.75, 3.05) is 10.5 Å². The number of benzene rings is 2. The third-order valence-electron chi connectivity index (χ3n) is 3.12. The molecular weight excluding hydrogens is 286 g/mol. The average Bonchev–Trinajstić information content (AvgIpc) is 2.48. The molecule has 2 aromatic carbocycles. The lowest BCUT2D eigenvalue weighted by atomic mass is 10.1. The molecule has 0 radical (unpaired) electrons. The second-order valence-corrected chi connectivity index (χ2v) is 6.20. The zero-order valence-corrected chi connectivity index (χ0v) is 11.8. The lowest BCUT2D eigenvalue weighted by Crippen LogP contribution is -2.13. The molecule has 0 atom stereocenters. The number of sulfonamides is 1. The number of hydrogen-bond acceptors (Lipinski definition) is 4. The molecule has 6 heteroatoms. The first kappa shape index (κ1) is 13.4. The Morgan fingerprint density at radius 2 is 1.71 bits per heavy atom. The Morgan fingerprint density at radius 3 is 2.43 bits per heavy atom. The smallest absolute Gasteiger partial charge is 0.262 e. The van der Waals surface area contributed by atoms with Gasteiger partial charge >= 0.3 is 0 Å². The first-order valence-corrected chi connectivity index (χ1v) is 7.76. The van der Waals surface area contributed by atoms with Crippen LogP contribution in [0.15, 0.2) is 65.8 Å². The zero-order valence-electron chi connectivity index (χ0n) is 11.0. The summed E-state index contributed by atoms with van der Waals surface area (Å²) in [6, 6.07) is 13.6. The van der Waals surface area contributed by atoms with E-state index in [1.807, 2.05) is 6.07 Å². The van der Waals surface area contributed by atoms with E-state index in [9.17, 15) is 8.42 Å². The van der Waals surface area contributed by atoms with Crippen LogP contribution in [-0.2, 0) is 10.0 Å². The van der Waals surface area contributed by atoms with Crippen LogP contribution in [0.2, 0.25) is 0 Å². The van der Waals surface area contributed by atoms with Crippen LogP contribution in [0.5, 0.6) is 0 Å². The molecule has 3 N–H and O–H groups in total. The minimum Gasteiger partial charge on any atom is -0.398 e. The highest BCUT2D eigenvalue weighted by atomic mass is 32.2. The Hall–Kier alpha value is -2.60. The van der Waals surface area contributed by atoms with Gasteiger partial charge in [0.2, 0.25) is 0 Å². The molecule has 1 aromatic heterocycles. The molecular formula is C15H13N3O2S. The van der Waals surface area contributed by atoms with Gasteiger partial charge in [-0.3, -0.25) is 9.71 Å². The van der Waals surface area contributed by atoms with E-state index in [1.54, 1.807) is 42.6 Å². The van der Waals surface area contributed by atoms with Crippen LogP contribution in [0.3, 0.4) is 0 Å². The van der Waals surface area contributed by atoms with Gasteiger partial charge in [0.25, 0.3) is 10.0 Å². The normalized spacial score (nSPS) is 11.4. The predicted molar refractivity (Wildman–Crippen MR) is 83.4 cm³/mol. The van der Waals surface area contributed by atoms with E-state index in [1.165, 1.54) is 12.3 Å². The van der Waals surface area contributed by atoms with Crippen LogP contribution in [-0.4, -0.2) is 13.4 Å². The van der Waals surface area contributed by atoms with Gasteiger partial charge in [-0.2, -0.15) is 0 Å². The second kappa shape index (κ2) is 5.06. The maximum absolute atomic E-state index is 12.5. The van der Waals surface area contributed by atoms with Crippen LogP contribution in [0, 0.1) is 0 Å². The van der Waals surface area contributed by atoms with E-state index in [2.05, 4.69) is 9.71 Å². The summed E-state index contributed by atoms with van der Waals surface area (Å²) in [5.74, 6) is 0. The minimum atomic E-state index is -3.70. The third kappa shape index (κ3) is 2.53. The van der Waals surface area contributed by atoms with Gasteiger partial charge in [0.1, 0.15) is 0 Å². The summed E-state index contributed by atoms with van der Waals surface area (Å²) in [7, 11) is -3.70. The van der Waals surface area contributed by atoms with E-state index in [-0.39, 0.29) is 4.90 Å². The van der Waals surface area contributed by atoms with E-state index in [0.29, 0.717) is 22.1 Å². The molecule has 5 nitrogen and oxygen atoms in total. The van der Waals surface area contributed by atoms with Gasteiger partial charge in [0.05, 0.1) is 16.8 Å². The first-order valence-electron chi connectivity index (χ1n) is 6.28. The van der Waals surface area contributed by atoms with Gasteiger partial charge in [0, 0.05) is 22.7 Å². The van der Waals surface area contributed by atoms with Crippen molar-refractivity contribution in [1.82, 2.24) is 4.98 Å². The van der Waals surface area contributed by atoms with Crippen LogP contribution in [0.25, 0.3) is 10.8 Å². The Morgan fingerprint density at radius 1 is 0.952 bits per heavy atom. The lowest BCUT2D eigenvalue weighted by Gasteiger charge is -2.11. The van der Waals surface area contributed by atoms with Gasteiger partial charge in [-0.05, 0) is 24.3 Å². The monoisotopic (exact) mass is 299 g/mol. The van der Waals surface area contributed by atoms with Crippen LogP contribution >= 0.6 is 0 Å². The fraction of sp³-hybridized carbons (Fsp3) is 0. The first-order chi connectivity index (χ1) is 10.1. The number of aromatic nitrogens is 1. The number of rotatable bonds is 3. The molecule has 0 saturated carbocycles. The molecule has 0 bridgehead atoms. The molecule has 106 valence electrons. The largest absolute Gasteiger partial charge is 0.398 e. The molecule has 0 amide bonds. The molecule has 3 aromatic rings. The molecule has 1 heterocycles. The molecule has 0 aliphatic carbocycles. The van der Waals surface area contributed by atoms with Gasteiger partial charge in [0.15, 0.2) is 0 Å². The van der Waals surface area contributed by atoms with Gasteiger partial charge < -0.3 is 5.73 Å². The molecule has 0 aliphatic heterocycles. The Balaban J connectivity index is 2.14. The summed E-state index contributed by atoms with van der Waals surface area (Å²) < 4.78 is 27.6. The van der Waals surface area contributed by atoms with Crippen molar-refractivity contribution in [3.63, 3.8) is 0 Å². The number of nitrogen functional groups attached to an aromatic ring is 1. The van der Waals surface area contributed by atoms with E-state index < -0.39 is 10.0 Å². The highest BCUT2D eigenvalue weighted by Crippen LogP contribution is 2.28. The maximum Gasteiger partial charge on any atom is 0.262 e. The number of hydrogen-bond donors (Lipinski definition) is 2. The number of anilines is 2. The van der Waals surface area contributed by atoms with Crippen molar-refractivity contribution in [1.29, 1.82) is 0 Å². The topological polar surface area (TPSA) is 85.1 Å². The minimum absolute atomic E-state index is 0.191. The van der Waals surface area contributed by atoms with Crippen molar-refractivity contribution in [2.24, 2.45) is 0 Å². The SMILES string of the molecule is Nc1ccc(S(=O)(=O)Nc2cccnc2)c2ccccc12. The van der Waals surface area contributed by atoms with Gasteiger partial charge in [-0.15, -0.1) is 0 Å². The Kier molecular flexibility index (Phi) is 3.23. The summed E-state index contributed by atoms with van der Waals surface area (Å²) in [4.78, 5) is 4.08. The number of pyridine rings is 1. The van der Waals surface area contributed by atoms with Crippen LogP contribution < -0.4 is 10.5 Å². The standard InChI is InChI=1S/C15H13N3O2S/c16-14-7-8-15(13-6-2-1-5-12(13)14)21(19,20)18-11-4-3-9-17-10-11/h1-10,18H,16H2. The molecule has 0 spiro atoms. The summed E-state index contributed by atoms with van der Waals surface area (Å²) >= 11 is 0. The Labute approximate surface area is 122 Å². The number of nitrogens with two attached hydrogens (primary N) is 1. The molecule has 0 saturated heterocycles. The van der Waals surface area contributed by atoms with Gasteiger partial charge in [-0.25, -0.2) is 8.42 Å². The van der Waals surface area contributed by atoms with Crippen LogP contribution in [0.1, 0.15) is 0 Å². The molecule has 0 fully saturated rings. The van der Waals surface area contributed by atoms with E-state index in [4.69, 9.17) is 5.73 Å². The van der Waals surface area contributed by atoms with Crippen molar-refractivity contribution in [2.45, 2.75) is 4.90 Å². The maximum atomic E-state index is 12.5. The average molecular weight is 299 g/mol. The fourth-order valence-corrected chi connectivity index (χ4v) is 3.42. The molecule has 3 rings (SSSR count). The summed E-state index contributed by atoms with van der Waals surface area (Å²) in [5, 5.41) is 1.31. The molecule has 0 unspecified atom stereocenters. The lowest BCUT2D eigenvalue weighted by molar-refractivity contribution is 0.602. The van der Waals surface area contributed by atoms with E-state index >= 15 is 0 Å².